The number of rotatable bonds is 1. The van der Waals surface area contributed by atoms with Gasteiger partial charge in [0.1, 0.15) is 0 Å². The van der Waals surface area contributed by atoms with Gasteiger partial charge >= 0.3 is 0 Å². The summed E-state index contributed by atoms with van der Waals surface area (Å²) in [6.07, 6.45) is 0. The maximum atomic E-state index is 11.2. The summed E-state index contributed by atoms with van der Waals surface area (Å²) in [6.45, 7) is 3.05. The molecule has 0 saturated heterocycles. The Labute approximate surface area is 82.9 Å². The second kappa shape index (κ2) is 3.29. The van der Waals surface area contributed by atoms with Crippen LogP contribution in [0.5, 0.6) is 0 Å². The van der Waals surface area contributed by atoms with Crippen LogP contribution < -0.4 is 4.73 Å². The van der Waals surface area contributed by atoms with Crippen LogP contribution in [0.3, 0.4) is 0 Å². The summed E-state index contributed by atoms with van der Waals surface area (Å²) >= 11 is 3.00. The topological polar surface area (TPSA) is 70.1 Å². The Morgan fingerprint density at radius 1 is 1.54 bits per heavy atom. The van der Waals surface area contributed by atoms with Gasteiger partial charge in [-0.25, -0.2) is 0 Å². The van der Waals surface area contributed by atoms with E-state index in [-0.39, 0.29) is 10.2 Å². The van der Waals surface area contributed by atoms with Gasteiger partial charge in [0.25, 0.3) is 5.69 Å². The number of hydrogen-bond acceptors (Lipinski definition) is 3. The third-order valence-electron chi connectivity index (χ3n) is 1.71. The van der Waals surface area contributed by atoms with Crippen LogP contribution in [0, 0.1) is 29.2 Å². The van der Waals surface area contributed by atoms with Crippen LogP contribution in [0.2, 0.25) is 0 Å². The van der Waals surface area contributed by atoms with Gasteiger partial charge in [0.05, 0.1) is 11.0 Å². The fourth-order valence-corrected chi connectivity index (χ4v) is 1.41. The Bertz CT molecular complexity index is 378. The third kappa shape index (κ3) is 1.62. The maximum Gasteiger partial charge on any atom is 0.296 e. The molecule has 0 saturated carbocycles. The molecule has 0 radical (unpaired) electrons. The molecule has 0 aliphatic rings. The molecule has 0 spiro atoms. The summed E-state index contributed by atoms with van der Waals surface area (Å²) in [5.41, 5.74) is 0.529. The van der Waals surface area contributed by atoms with Gasteiger partial charge in [-0.05, 0) is 15.9 Å². The molecule has 70 valence electrons. The van der Waals surface area contributed by atoms with Crippen molar-refractivity contribution in [3.8, 4) is 0 Å². The normalized spacial score (nSPS) is 10.1. The van der Waals surface area contributed by atoms with E-state index in [0.29, 0.717) is 16.1 Å². The van der Waals surface area contributed by atoms with Crippen molar-refractivity contribution in [1.29, 1.82) is 0 Å². The van der Waals surface area contributed by atoms with Crippen molar-refractivity contribution in [2.24, 2.45) is 0 Å². The monoisotopic (exact) mass is 246 g/mol. The van der Waals surface area contributed by atoms with Crippen LogP contribution in [0.1, 0.15) is 11.4 Å². The van der Waals surface area contributed by atoms with Crippen LogP contribution in [-0.2, 0) is 0 Å². The van der Waals surface area contributed by atoms with E-state index in [1.165, 1.54) is 19.9 Å². The van der Waals surface area contributed by atoms with Gasteiger partial charge in [0.15, 0.2) is 10.2 Å². The molecule has 5 nitrogen and oxygen atoms in total. The van der Waals surface area contributed by atoms with Crippen molar-refractivity contribution >= 4 is 21.6 Å². The minimum atomic E-state index is -0.524. The fraction of sp³-hybridized carbons (Fsp3) is 0.286. The molecule has 0 fully saturated rings. The predicted octanol–water partition coefficient (Wildman–Crippen LogP) is 1.61. The lowest BCUT2D eigenvalue weighted by atomic mass is 10.3. The lowest BCUT2D eigenvalue weighted by molar-refractivity contribution is -0.620. The fourth-order valence-electron chi connectivity index (χ4n) is 0.992. The molecule has 1 aromatic heterocycles. The first-order valence-corrected chi connectivity index (χ1v) is 4.28. The van der Waals surface area contributed by atoms with E-state index in [2.05, 4.69) is 15.9 Å². The molecule has 1 heterocycles. The van der Waals surface area contributed by atoms with Crippen molar-refractivity contribution in [2.75, 3.05) is 0 Å². The third-order valence-corrected chi connectivity index (χ3v) is 2.69. The van der Waals surface area contributed by atoms with Crippen molar-refractivity contribution in [2.45, 2.75) is 13.8 Å². The molecule has 0 N–H and O–H groups in total. The zero-order valence-corrected chi connectivity index (χ0v) is 8.66. The van der Waals surface area contributed by atoms with Gasteiger partial charge in [-0.3, -0.25) is 10.1 Å². The summed E-state index contributed by atoms with van der Waals surface area (Å²) in [5.74, 6) is 0. The van der Waals surface area contributed by atoms with Gasteiger partial charge in [-0.15, -0.1) is 0 Å². The molecule has 0 atom stereocenters. The highest BCUT2D eigenvalue weighted by Crippen LogP contribution is 2.26. The number of nitrogens with zero attached hydrogens (tertiary/aromatic N) is 2. The Hall–Kier alpha value is -1.17. The largest absolute Gasteiger partial charge is 0.618 e. The van der Waals surface area contributed by atoms with Crippen LogP contribution in [0.25, 0.3) is 0 Å². The molecule has 0 amide bonds. The quantitative estimate of drug-likeness (QED) is 0.327. The van der Waals surface area contributed by atoms with E-state index < -0.39 is 4.92 Å². The average molecular weight is 247 g/mol. The summed E-state index contributed by atoms with van der Waals surface area (Å²) < 4.78 is 0.884. The zero-order valence-electron chi connectivity index (χ0n) is 7.07. The van der Waals surface area contributed by atoms with Crippen LogP contribution in [0.15, 0.2) is 10.5 Å². The highest BCUT2D eigenvalue weighted by Gasteiger charge is 2.21. The molecule has 6 heteroatoms. The summed E-state index contributed by atoms with van der Waals surface area (Å²) in [7, 11) is 0. The van der Waals surface area contributed by atoms with Crippen LogP contribution >= 0.6 is 15.9 Å². The lowest BCUT2D eigenvalue weighted by Gasteiger charge is -2.05. The number of nitro groups is 1. The molecule has 1 rings (SSSR count). The first-order chi connectivity index (χ1) is 5.95. The first-order valence-electron chi connectivity index (χ1n) is 3.48. The average Bonchev–Trinajstić information content (AvgIpc) is 2.07. The summed E-state index contributed by atoms with van der Waals surface area (Å²) in [6, 6.07) is 1.24. The second-order valence-corrected chi connectivity index (χ2v) is 3.41. The SMILES string of the molecule is Cc1cc([N+](=O)[O-])c(Br)c(C)[n+]1[O-]. The Morgan fingerprint density at radius 2 is 2.08 bits per heavy atom. The van der Waals surface area contributed by atoms with E-state index in [1.807, 2.05) is 0 Å². The minimum absolute atomic E-state index is 0.0814. The van der Waals surface area contributed by atoms with Crippen LogP contribution in [-0.4, -0.2) is 4.92 Å². The van der Waals surface area contributed by atoms with E-state index in [1.54, 1.807) is 0 Å². The van der Waals surface area contributed by atoms with E-state index >= 15 is 0 Å². The number of halogens is 1. The number of aryl methyl sites for hydroxylation is 1. The zero-order chi connectivity index (χ0) is 10.2. The Kier molecular flexibility index (Phi) is 2.51. The Balaban J connectivity index is 3.50. The van der Waals surface area contributed by atoms with Gasteiger partial charge in [-0.2, -0.15) is 4.73 Å². The smallest absolute Gasteiger partial charge is 0.296 e. The molecule has 0 aliphatic carbocycles. The molecule has 1 aromatic rings. The molecule has 0 aromatic carbocycles. The molecule has 0 bridgehead atoms. The minimum Gasteiger partial charge on any atom is -0.618 e. The highest BCUT2D eigenvalue weighted by atomic mass is 79.9. The predicted molar refractivity (Wildman–Crippen MR) is 49.2 cm³/mol. The summed E-state index contributed by atoms with van der Waals surface area (Å²) in [4.78, 5) is 9.98. The van der Waals surface area contributed by atoms with Crippen molar-refractivity contribution in [1.82, 2.24) is 0 Å². The van der Waals surface area contributed by atoms with E-state index in [0.717, 1.165) is 0 Å². The first kappa shape index (κ1) is 9.91. The molecule has 0 aliphatic heterocycles. The van der Waals surface area contributed by atoms with Gasteiger partial charge in [0.2, 0.25) is 5.69 Å². The number of aromatic nitrogens is 1. The molecule has 13 heavy (non-hydrogen) atoms. The van der Waals surface area contributed by atoms with Crippen molar-refractivity contribution in [3.05, 3.63) is 37.2 Å². The Morgan fingerprint density at radius 3 is 2.54 bits per heavy atom. The molecular formula is C7H7BrN2O3. The molecule has 0 unspecified atom stereocenters. The lowest BCUT2D eigenvalue weighted by Crippen LogP contribution is -2.34. The summed E-state index contributed by atoms with van der Waals surface area (Å²) in [5, 5.41) is 21.7. The van der Waals surface area contributed by atoms with Gasteiger partial charge in [0, 0.05) is 13.8 Å². The van der Waals surface area contributed by atoms with E-state index in [4.69, 9.17) is 0 Å². The van der Waals surface area contributed by atoms with Gasteiger partial charge in [-0.1, -0.05) is 0 Å². The highest BCUT2D eigenvalue weighted by molar-refractivity contribution is 9.10. The standard InChI is InChI=1S/C7H7BrN2O3/c1-4-3-6(10(12)13)7(8)5(2)9(4)11/h3H,1-2H3. The van der Waals surface area contributed by atoms with Crippen molar-refractivity contribution < 1.29 is 9.65 Å². The van der Waals surface area contributed by atoms with Crippen molar-refractivity contribution in [3.63, 3.8) is 0 Å². The second-order valence-electron chi connectivity index (χ2n) is 2.62. The van der Waals surface area contributed by atoms with Gasteiger partial charge < -0.3 is 5.21 Å². The number of hydrogen-bond donors (Lipinski definition) is 0. The maximum absolute atomic E-state index is 11.2. The van der Waals surface area contributed by atoms with E-state index in [9.17, 15) is 15.3 Å². The molecular weight excluding hydrogens is 240 g/mol. The number of pyridine rings is 1. The van der Waals surface area contributed by atoms with Crippen LogP contribution in [0.4, 0.5) is 5.69 Å².